The molecule has 2 aromatic rings. The summed E-state index contributed by atoms with van der Waals surface area (Å²) in [5, 5.41) is 6.23. The van der Waals surface area contributed by atoms with Crippen LogP contribution in [0.5, 0.6) is 5.75 Å². The molecule has 4 rings (SSSR count). The number of fused-ring (bicyclic) bond motifs is 1. The Kier molecular flexibility index (Phi) is 8.10. The average Bonchev–Trinajstić information content (AvgIpc) is 2.88. The van der Waals surface area contributed by atoms with E-state index in [1.165, 1.54) is 0 Å². The zero-order chi connectivity index (χ0) is 25.7. The number of nitrogens with zero attached hydrogens (tertiary/aromatic N) is 4. The first kappa shape index (κ1) is 25.5. The van der Waals surface area contributed by atoms with E-state index in [1.54, 1.807) is 34.0 Å². The number of methoxy groups -OCH3 is 1. The minimum Gasteiger partial charge on any atom is -0.497 e. The van der Waals surface area contributed by atoms with Gasteiger partial charge in [-0.2, -0.15) is 0 Å². The number of carbonyl (C=O) groups excluding carboxylic acids is 3. The smallest absolute Gasteiger partial charge is 0.334 e. The van der Waals surface area contributed by atoms with Crippen LogP contribution in [0, 0.1) is 0 Å². The van der Waals surface area contributed by atoms with E-state index < -0.39 is 12.2 Å². The van der Waals surface area contributed by atoms with Crippen LogP contribution in [0.4, 0.5) is 4.79 Å². The molecule has 192 valence electrons. The number of urea groups is 1. The number of ether oxygens (including phenoxy) is 1. The molecular formula is C27H35N5O4. The lowest BCUT2D eigenvalue weighted by Gasteiger charge is -2.54. The molecule has 9 heteroatoms. The Morgan fingerprint density at radius 2 is 1.78 bits per heavy atom. The number of nitrogens with one attached hydrogen (secondary N) is 1. The molecule has 2 aliphatic rings. The molecule has 36 heavy (non-hydrogen) atoms. The molecule has 2 aliphatic heterocycles. The summed E-state index contributed by atoms with van der Waals surface area (Å²) in [7, 11) is 3.35. The lowest BCUT2D eigenvalue weighted by atomic mass is 10.0. The summed E-state index contributed by atoms with van der Waals surface area (Å²) < 4.78 is 5.20. The predicted molar refractivity (Wildman–Crippen MR) is 136 cm³/mol. The minimum absolute atomic E-state index is 0.0427. The molecule has 4 amide bonds. The third-order valence-corrected chi connectivity index (χ3v) is 6.80. The van der Waals surface area contributed by atoms with Crippen molar-refractivity contribution < 1.29 is 19.1 Å². The Hall–Kier alpha value is -3.59. The van der Waals surface area contributed by atoms with Gasteiger partial charge in [0.25, 0.3) is 0 Å². The van der Waals surface area contributed by atoms with Gasteiger partial charge in [0.15, 0.2) is 0 Å². The second-order valence-electron chi connectivity index (χ2n) is 9.31. The molecule has 9 nitrogen and oxygen atoms in total. The third-order valence-electron chi connectivity index (χ3n) is 6.80. The van der Waals surface area contributed by atoms with Crippen molar-refractivity contribution in [2.45, 2.75) is 51.5 Å². The van der Waals surface area contributed by atoms with Crippen LogP contribution >= 0.6 is 0 Å². The average molecular weight is 494 g/mol. The molecule has 0 spiro atoms. The molecule has 2 fully saturated rings. The first-order valence-electron chi connectivity index (χ1n) is 12.5. The van der Waals surface area contributed by atoms with Gasteiger partial charge in [-0.1, -0.05) is 62.2 Å². The fourth-order valence-electron chi connectivity index (χ4n) is 4.93. The first-order valence-corrected chi connectivity index (χ1v) is 12.5. The molecule has 0 aromatic heterocycles. The van der Waals surface area contributed by atoms with E-state index in [4.69, 9.17) is 4.74 Å². The Balaban J connectivity index is 1.56. The Labute approximate surface area is 212 Å². The summed E-state index contributed by atoms with van der Waals surface area (Å²) >= 11 is 0. The summed E-state index contributed by atoms with van der Waals surface area (Å²) in [6.45, 7) is 3.13. The monoisotopic (exact) mass is 493 g/mol. The lowest BCUT2D eigenvalue weighted by molar-refractivity contribution is -0.188. The van der Waals surface area contributed by atoms with Gasteiger partial charge in [0.2, 0.25) is 11.8 Å². The van der Waals surface area contributed by atoms with Gasteiger partial charge in [-0.3, -0.25) is 9.59 Å². The summed E-state index contributed by atoms with van der Waals surface area (Å²) in [5.74, 6) is 0.564. The van der Waals surface area contributed by atoms with E-state index in [-0.39, 0.29) is 30.9 Å². The van der Waals surface area contributed by atoms with Crippen LogP contribution in [-0.2, 0) is 22.7 Å². The number of rotatable bonds is 8. The molecule has 2 saturated heterocycles. The fourth-order valence-corrected chi connectivity index (χ4v) is 4.93. The molecular weight excluding hydrogens is 458 g/mol. The van der Waals surface area contributed by atoms with Gasteiger partial charge < -0.3 is 19.9 Å². The Morgan fingerprint density at radius 3 is 2.44 bits per heavy atom. The molecule has 0 radical (unpaired) electrons. The maximum Gasteiger partial charge on any atom is 0.334 e. The third kappa shape index (κ3) is 5.46. The van der Waals surface area contributed by atoms with E-state index in [0.29, 0.717) is 19.5 Å². The maximum absolute atomic E-state index is 13.5. The summed E-state index contributed by atoms with van der Waals surface area (Å²) in [6.07, 6.45) is 1.75. The van der Waals surface area contributed by atoms with E-state index in [0.717, 1.165) is 29.7 Å². The van der Waals surface area contributed by atoms with Crippen molar-refractivity contribution >= 4 is 17.8 Å². The molecule has 0 aliphatic carbocycles. The maximum atomic E-state index is 13.5. The first-order chi connectivity index (χ1) is 17.4. The van der Waals surface area contributed by atoms with Crippen molar-refractivity contribution in [3.8, 4) is 5.75 Å². The lowest BCUT2D eigenvalue weighted by Crippen LogP contribution is -2.75. The van der Waals surface area contributed by atoms with Crippen LogP contribution in [0.15, 0.2) is 54.6 Å². The number of likely N-dealkylation sites (N-methyl/N-ethyl adjacent to an activating group) is 1. The summed E-state index contributed by atoms with van der Waals surface area (Å²) in [6, 6.07) is 16.4. The molecule has 0 saturated carbocycles. The molecule has 2 aromatic carbocycles. The highest BCUT2D eigenvalue weighted by molar-refractivity contribution is 5.91. The van der Waals surface area contributed by atoms with Gasteiger partial charge in [-0.25, -0.2) is 14.8 Å². The number of benzene rings is 2. The molecule has 0 bridgehead atoms. The van der Waals surface area contributed by atoms with Gasteiger partial charge in [-0.15, -0.1) is 0 Å². The predicted octanol–water partition coefficient (Wildman–Crippen LogP) is 2.82. The van der Waals surface area contributed by atoms with Crippen LogP contribution in [0.2, 0.25) is 0 Å². The second-order valence-corrected chi connectivity index (χ2v) is 9.31. The van der Waals surface area contributed by atoms with E-state index >= 15 is 0 Å². The normalized spacial score (nSPS) is 20.4. The second kappa shape index (κ2) is 11.4. The van der Waals surface area contributed by atoms with Gasteiger partial charge >= 0.3 is 6.03 Å². The highest BCUT2D eigenvalue weighted by atomic mass is 16.5. The summed E-state index contributed by atoms with van der Waals surface area (Å²) in [4.78, 5) is 43.6. The molecule has 0 unspecified atom stereocenters. The highest BCUT2D eigenvalue weighted by Crippen LogP contribution is 2.29. The van der Waals surface area contributed by atoms with Crippen LogP contribution in [0.3, 0.4) is 0 Å². The van der Waals surface area contributed by atoms with E-state index in [2.05, 4.69) is 12.2 Å². The quantitative estimate of drug-likeness (QED) is 0.611. The van der Waals surface area contributed by atoms with Crippen molar-refractivity contribution in [2.24, 2.45) is 0 Å². The van der Waals surface area contributed by atoms with Gasteiger partial charge in [0.05, 0.1) is 20.2 Å². The number of carbonyl (C=O) groups is 3. The zero-order valence-electron chi connectivity index (χ0n) is 21.2. The Bertz CT molecular complexity index is 1060. The largest absolute Gasteiger partial charge is 0.497 e. The zero-order valence-corrected chi connectivity index (χ0v) is 21.2. The van der Waals surface area contributed by atoms with Crippen molar-refractivity contribution in [3.05, 3.63) is 65.7 Å². The Morgan fingerprint density at radius 1 is 1.06 bits per heavy atom. The number of hydrazine groups is 1. The van der Waals surface area contributed by atoms with E-state index in [9.17, 15) is 14.4 Å². The van der Waals surface area contributed by atoms with Gasteiger partial charge in [0.1, 0.15) is 18.0 Å². The summed E-state index contributed by atoms with van der Waals surface area (Å²) in [5.41, 5.74) is 1.95. The van der Waals surface area contributed by atoms with E-state index in [1.807, 2.05) is 54.6 Å². The highest BCUT2D eigenvalue weighted by Gasteiger charge is 2.50. The molecule has 2 atom stereocenters. The number of unbranched alkanes of at least 4 members (excludes halogenated alkanes) is 1. The number of piperazine rings is 1. The fraction of sp³-hybridized carbons (Fsp3) is 0.444. The number of amides is 4. The van der Waals surface area contributed by atoms with Crippen molar-refractivity contribution in [1.29, 1.82) is 0 Å². The van der Waals surface area contributed by atoms with Crippen LogP contribution in [-0.4, -0.2) is 77.1 Å². The van der Waals surface area contributed by atoms with Crippen molar-refractivity contribution in [1.82, 2.24) is 25.1 Å². The SMILES string of the molecule is CCCC[C@H]1C(=O)N(Cc2ccccc2)C[C@H]2N1C(=O)CN(C)N2C(=O)NCc1ccc(OC)cc1. The van der Waals surface area contributed by atoms with Gasteiger partial charge in [-0.05, 0) is 29.7 Å². The van der Waals surface area contributed by atoms with Crippen molar-refractivity contribution in [2.75, 3.05) is 27.2 Å². The van der Waals surface area contributed by atoms with Crippen molar-refractivity contribution in [3.63, 3.8) is 0 Å². The van der Waals surface area contributed by atoms with Gasteiger partial charge in [0, 0.05) is 20.1 Å². The standard InChI is InChI=1S/C27H35N5O4/c1-4-5-11-23-26(34)30(17-21-9-7-6-8-10-21)18-24-31(23)25(33)19-29(2)32(24)27(35)28-16-20-12-14-22(36-3)15-13-20/h6-10,12-15,23-24H,4-5,11,16-19H2,1-3H3,(H,28,35)/t23-,24-/m0/s1. The van der Waals surface area contributed by atoms with Crippen LogP contribution < -0.4 is 10.1 Å². The molecule has 1 N–H and O–H groups in total. The number of hydrogen-bond acceptors (Lipinski definition) is 5. The number of hydrogen-bond donors (Lipinski definition) is 1. The topological polar surface area (TPSA) is 85.4 Å². The molecule has 2 heterocycles. The minimum atomic E-state index is -0.578. The van der Waals surface area contributed by atoms with Crippen LogP contribution in [0.25, 0.3) is 0 Å². The van der Waals surface area contributed by atoms with Crippen LogP contribution in [0.1, 0.15) is 37.3 Å².